The number of hydrogen-bond acceptors (Lipinski definition) is 4. The molecule has 0 aromatic rings. The molecule has 1 saturated heterocycles. The van der Waals surface area contributed by atoms with E-state index in [9.17, 15) is 8.42 Å². The molecule has 0 aromatic heterocycles. The molecule has 0 N–H and O–H groups in total. The molecule has 1 fully saturated rings. The Bertz CT molecular complexity index is 292. The van der Waals surface area contributed by atoms with Crippen molar-refractivity contribution in [2.75, 3.05) is 46.2 Å². The lowest BCUT2D eigenvalue weighted by molar-refractivity contribution is 0.167. The van der Waals surface area contributed by atoms with Crippen LogP contribution in [0.2, 0.25) is 0 Å². The zero-order valence-electron chi connectivity index (χ0n) is 9.64. The van der Waals surface area contributed by atoms with Gasteiger partial charge in [0.2, 0.25) is 10.0 Å². The van der Waals surface area contributed by atoms with Gasteiger partial charge in [-0.1, -0.05) is 0 Å². The fourth-order valence-corrected chi connectivity index (χ4v) is 3.43. The number of sulfonamides is 1. The predicted octanol–water partition coefficient (Wildman–Crippen LogP) is -0.401. The molecule has 0 saturated carbocycles. The van der Waals surface area contributed by atoms with Crippen LogP contribution < -0.4 is 0 Å². The van der Waals surface area contributed by atoms with Gasteiger partial charge in [0.05, 0.1) is 12.4 Å². The Morgan fingerprint density at radius 2 is 2.07 bits per heavy atom. The van der Waals surface area contributed by atoms with E-state index in [4.69, 9.17) is 4.74 Å². The lowest BCUT2D eigenvalue weighted by Gasteiger charge is -2.37. The third-order valence-electron chi connectivity index (χ3n) is 2.67. The predicted molar refractivity (Wildman–Crippen MR) is 59.3 cm³/mol. The van der Waals surface area contributed by atoms with Gasteiger partial charge in [-0.25, -0.2) is 8.42 Å². The Morgan fingerprint density at radius 3 is 2.60 bits per heavy atom. The van der Waals surface area contributed by atoms with Crippen LogP contribution in [0.5, 0.6) is 0 Å². The molecule has 1 atom stereocenters. The van der Waals surface area contributed by atoms with Crippen molar-refractivity contribution in [3.8, 4) is 0 Å². The van der Waals surface area contributed by atoms with Crippen molar-refractivity contribution in [3.05, 3.63) is 0 Å². The highest BCUT2D eigenvalue weighted by Gasteiger charge is 2.30. The summed E-state index contributed by atoms with van der Waals surface area (Å²) in [4.78, 5) is 2.15. The molecule has 15 heavy (non-hydrogen) atoms. The van der Waals surface area contributed by atoms with Crippen molar-refractivity contribution in [3.63, 3.8) is 0 Å². The zero-order valence-corrected chi connectivity index (χ0v) is 10.5. The molecule has 0 bridgehead atoms. The summed E-state index contributed by atoms with van der Waals surface area (Å²) in [6.45, 7) is 4.40. The number of hydrogen-bond donors (Lipinski definition) is 0. The minimum absolute atomic E-state index is 0.0607. The first-order valence-electron chi connectivity index (χ1n) is 5.14. The van der Waals surface area contributed by atoms with Crippen LogP contribution >= 0.6 is 0 Å². The van der Waals surface area contributed by atoms with E-state index >= 15 is 0 Å². The maximum Gasteiger partial charge on any atom is 0.216 e. The van der Waals surface area contributed by atoms with Gasteiger partial charge in [-0.05, 0) is 14.0 Å². The summed E-state index contributed by atoms with van der Waals surface area (Å²) in [5.74, 6) is 0.0809. The average molecular weight is 236 g/mol. The SMILES string of the molecule is COCCS(=O)(=O)N1CCN(C)C[C@H]1C. The molecule has 1 aliphatic heterocycles. The maximum absolute atomic E-state index is 11.9. The Hall–Kier alpha value is -0.170. The van der Waals surface area contributed by atoms with Crippen LogP contribution in [0.3, 0.4) is 0 Å². The fourth-order valence-electron chi connectivity index (χ4n) is 1.84. The second-order valence-corrected chi connectivity index (χ2v) is 6.07. The highest BCUT2D eigenvalue weighted by Crippen LogP contribution is 2.13. The van der Waals surface area contributed by atoms with Crippen LogP contribution in [0.25, 0.3) is 0 Å². The Kier molecular flexibility index (Phi) is 4.51. The van der Waals surface area contributed by atoms with Crippen molar-refractivity contribution >= 4 is 10.0 Å². The topological polar surface area (TPSA) is 49.9 Å². The van der Waals surface area contributed by atoms with Crippen LogP contribution in [0, 0.1) is 0 Å². The molecule has 1 rings (SSSR count). The van der Waals surface area contributed by atoms with E-state index in [1.807, 2.05) is 14.0 Å². The summed E-state index contributed by atoms with van der Waals surface area (Å²) in [6, 6.07) is 0.0607. The summed E-state index contributed by atoms with van der Waals surface area (Å²) in [7, 11) is 0.390. The Balaban J connectivity index is 2.62. The third-order valence-corrected chi connectivity index (χ3v) is 4.61. The van der Waals surface area contributed by atoms with Gasteiger partial charge in [-0.3, -0.25) is 0 Å². The monoisotopic (exact) mass is 236 g/mol. The average Bonchev–Trinajstić information content (AvgIpc) is 2.14. The summed E-state index contributed by atoms with van der Waals surface area (Å²) >= 11 is 0. The van der Waals surface area contributed by atoms with Crippen molar-refractivity contribution in [2.45, 2.75) is 13.0 Å². The minimum atomic E-state index is -3.14. The molecule has 0 amide bonds. The first-order valence-corrected chi connectivity index (χ1v) is 6.75. The van der Waals surface area contributed by atoms with Crippen LogP contribution in [0.4, 0.5) is 0 Å². The van der Waals surface area contributed by atoms with Gasteiger partial charge in [0.25, 0.3) is 0 Å². The fraction of sp³-hybridized carbons (Fsp3) is 1.00. The van der Waals surface area contributed by atoms with E-state index in [0.29, 0.717) is 6.54 Å². The second kappa shape index (κ2) is 5.25. The first kappa shape index (κ1) is 12.9. The lowest BCUT2D eigenvalue weighted by atomic mass is 10.2. The number of methoxy groups -OCH3 is 1. The molecule has 1 aliphatic rings. The highest BCUT2D eigenvalue weighted by atomic mass is 32.2. The smallest absolute Gasteiger partial charge is 0.216 e. The van der Waals surface area contributed by atoms with Gasteiger partial charge in [0.1, 0.15) is 0 Å². The summed E-state index contributed by atoms with van der Waals surface area (Å²) in [5.41, 5.74) is 0. The van der Waals surface area contributed by atoms with Crippen LogP contribution in [-0.4, -0.2) is 69.8 Å². The normalized spacial score (nSPS) is 25.7. The van der Waals surface area contributed by atoms with Gasteiger partial charge in [0.15, 0.2) is 0 Å². The summed E-state index contributed by atoms with van der Waals surface area (Å²) < 4.78 is 30.2. The van der Waals surface area contributed by atoms with E-state index in [0.717, 1.165) is 13.1 Å². The van der Waals surface area contributed by atoms with Crippen molar-refractivity contribution in [1.82, 2.24) is 9.21 Å². The van der Waals surface area contributed by atoms with Crippen molar-refractivity contribution < 1.29 is 13.2 Å². The molecule has 5 nitrogen and oxygen atoms in total. The lowest BCUT2D eigenvalue weighted by Crippen LogP contribution is -2.53. The van der Waals surface area contributed by atoms with Crippen molar-refractivity contribution in [2.24, 2.45) is 0 Å². The molecular formula is C9H20N2O3S. The Morgan fingerprint density at radius 1 is 1.40 bits per heavy atom. The molecule has 0 aliphatic carbocycles. The van der Waals surface area contributed by atoms with E-state index in [2.05, 4.69) is 4.90 Å². The quantitative estimate of drug-likeness (QED) is 0.666. The first-order chi connectivity index (χ1) is 6.97. The molecule has 0 unspecified atom stereocenters. The summed E-state index contributed by atoms with van der Waals surface area (Å²) in [6.07, 6.45) is 0. The van der Waals surface area contributed by atoms with Gasteiger partial charge in [0, 0.05) is 32.8 Å². The van der Waals surface area contributed by atoms with E-state index in [1.54, 1.807) is 4.31 Å². The minimum Gasteiger partial charge on any atom is -0.384 e. The van der Waals surface area contributed by atoms with Gasteiger partial charge in [-0.2, -0.15) is 4.31 Å². The van der Waals surface area contributed by atoms with Crippen molar-refractivity contribution in [1.29, 1.82) is 0 Å². The number of piperazine rings is 1. The van der Waals surface area contributed by atoms with E-state index in [-0.39, 0.29) is 18.4 Å². The van der Waals surface area contributed by atoms with E-state index < -0.39 is 10.0 Å². The van der Waals surface area contributed by atoms with Gasteiger partial charge >= 0.3 is 0 Å². The van der Waals surface area contributed by atoms with Crippen LogP contribution in [0.1, 0.15) is 6.92 Å². The van der Waals surface area contributed by atoms with Crippen LogP contribution in [-0.2, 0) is 14.8 Å². The number of ether oxygens (including phenoxy) is 1. The Labute approximate surface area is 92.0 Å². The number of nitrogens with zero attached hydrogens (tertiary/aromatic N) is 2. The second-order valence-electron chi connectivity index (χ2n) is 4.03. The molecule has 0 aromatic carbocycles. The molecule has 0 radical (unpaired) electrons. The molecule has 6 heteroatoms. The summed E-state index contributed by atoms with van der Waals surface area (Å²) in [5, 5.41) is 0. The number of likely N-dealkylation sites (N-methyl/N-ethyl adjacent to an activating group) is 1. The standard InChI is InChI=1S/C9H20N2O3S/c1-9-8-10(2)4-5-11(9)15(12,13)7-6-14-3/h9H,4-8H2,1-3H3/t9-/m1/s1. The highest BCUT2D eigenvalue weighted by molar-refractivity contribution is 7.89. The van der Waals surface area contributed by atoms with Crippen LogP contribution in [0.15, 0.2) is 0 Å². The molecule has 0 spiro atoms. The molecular weight excluding hydrogens is 216 g/mol. The molecule has 90 valence electrons. The number of rotatable bonds is 4. The third kappa shape index (κ3) is 3.41. The van der Waals surface area contributed by atoms with Gasteiger partial charge < -0.3 is 9.64 Å². The maximum atomic E-state index is 11.9. The molecule has 1 heterocycles. The zero-order chi connectivity index (χ0) is 11.5. The largest absolute Gasteiger partial charge is 0.384 e. The van der Waals surface area contributed by atoms with Gasteiger partial charge in [-0.15, -0.1) is 0 Å². The van der Waals surface area contributed by atoms with E-state index in [1.165, 1.54) is 7.11 Å².